The third-order valence-corrected chi connectivity index (χ3v) is 4.70. The quantitative estimate of drug-likeness (QED) is 0.368. The van der Waals surface area contributed by atoms with Crippen LogP contribution < -0.4 is 5.32 Å². The fourth-order valence-electron chi connectivity index (χ4n) is 3.27. The molecule has 0 aromatic heterocycles. The van der Waals surface area contributed by atoms with Crippen LogP contribution in [0.1, 0.15) is 16.7 Å². The fraction of sp³-hybridized carbons (Fsp3) is 0.185. The van der Waals surface area contributed by atoms with Gasteiger partial charge >= 0.3 is 0 Å². The molecule has 3 aromatic carbocycles. The highest BCUT2D eigenvalue weighted by Gasteiger charge is 2.12. The maximum absolute atomic E-state index is 3.54. The molecule has 0 radical (unpaired) electrons. The van der Waals surface area contributed by atoms with Crippen molar-refractivity contribution in [3.8, 4) is 22.3 Å². The number of benzene rings is 3. The molecule has 0 amide bonds. The normalized spacial score (nSPS) is 9.96. The highest BCUT2D eigenvalue weighted by Crippen LogP contribution is 2.37. The molecule has 0 unspecified atom stereocenters. The van der Waals surface area contributed by atoms with Crippen LogP contribution in [-0.4, -0.2) is 13.1 Å². The van der Waals surface area contributed by atoms with Gasteiger partial charge in [-0.25, -0.2) is 0 Å². The Labute approximate surface area is 170 Å². The van der Waals surface area contributed by atoms with Crippen LogP contribution in [0, 0.1) is 20.8 Å². The Morgan fingerprint density at radius 2 is 1.07 bits per heavy atom. The molecule has 0 bridgehead atoms. The molecule has 1 heteroatoms. The van der Waals surface area contributed by atoms with Gasteiger partial charge in [0.1, 0.15) is 0 Å². The summed E-state index contributed by atoms with van der Waals surface area (Å²) in [6.45, 7) is 15.4. The van der Waals surface area contributed by atoms with Crippen LogP contribution >= 0.6 is 0 Å². The summed E-state index contributed by atoms with van der Waals surface area (Å²) in [5.74, 6) is 0. The second-order valence-corrected chi connectivity index (χ2v) is 6.86. The number of aryl methyl sites for hydroxylation is 3. The summed E-state index contributed by atoms with van der Waals surface area (Å²) in [7, 11) is 0. The van der Waals surface area contributed by atoms with Crippen LogP contribution in [0.5, 0.6) is 0 Å². The first kappa shape index (κ1) is 21.4. The summed E-state index contributed by atoms with van der Waals surface area (Å²) in [4.78, 5) is 0. The Kier molecular flexibility index (Phi) is 8.45. The van der Waals surface area contributed by atoms with Crippen LogP contribution in [0.4, 0.5) is 0 Å². The Hall–Kier alpha value is -2.90. The second-order valence-electron chi connectivity index (χ2n) is 6.86. The lowest BCUT2D eigenvalue weighted by atomic mass is 9.87. The standard InChI is InChI=1S/C21H20.C6H11N/c1-15-9-4-6-12-18(15)20-14-8-11-17(3)21(20)19-13-7-5-10-16(19)2;1-3-5-7-6-4-2/h4-14H,1-3H3;3-4,7H,1-2,5-6H2. The number of rotatable bonds is 6. The van der Waals surface area contributed by atoms with E-state index in [1.807, 2.05) is 12.2 Å². The molecule has 0 heterocycles. The van der Waals surface area contributed by atoms with Crippen molar-refractivity contribution in [1.82, 2.24) is 5.32 Å². The van der Waals surface area contributed by atoms with Gasteiger partial charge in [-0.3, -0.25) is 0 Å². The van der Waals surface area contributed by atoms with Crippen LogP contribution in [-0.2, 0) is 0 Å². The Morgan fingerprint density at radius 3 is 1.61 bits per heavy atom. The van der Waals surface area contributed by atoms with Crippen molar-refractivity contribution in [2.24, 2.45) is 0 Å². The van der Waals surface area contributed by atoms with Gasteiger partial charge in [-0.15, -0.1) is 13.2 Å². The van der Waals surface area contributed by atoms with Crippen molar-refractivity contribution >= 4 is 0 Å². The molecule has 0 atom stereocenters. The molecule has 0 saturated heterocycles. The third kappa shape index (κ3) is 5.55. The van der Waals surface area contributed by atoms with E-state index in [0.717, 1.165) is 13.1 Å². The predicted molar refractivity (Wildman–Crippen MR) is 125 cm³/mol. The number of hydrogen-bond acceptors (Lipinski definition) is 1. The molecule has 0 aliphatic carbocycles. The molecule has 28 heavy (non-hydrogen) atoms. The lowest BCUT2D eigenvalue weighted by Gasteiger charge is -2.16. The molecule has 3 rings (SSSR count). The average Bonchev–Trinajstić information content (AvgIpc) is 2.70. The van der Waals surface area contributed by atoms with E-state index >= 15 is 0 Å². The summed E-state index contributed by atoms with van der Waals surface area (Å²) in [5.41, 5.74) is 9.28. The van der Waals surface area contributed by atoms with E-state index in [9.17, 15) is 0 Å². The van der Waals surface area contributed by atoms with Crippen molar-refractivity contribution in [2.45, 2.75) is 20.8 Å². The highest BCUT2D eigenvalue weighted by atomic mass is 14.8. The molecule has 0 fully saturated rings. The molecular weight excluding hydrogens is 338 g/mol. The van der Waals surface area contributed by atoms with Gasteiger partial charge in [0.2, 0.25) is 0 Å². The third-order valence-electron chi connectivity index (χ3n) is 4.70. The van der Waals surface area contributed by atoms with Crippen molar-refractivity contribution in [2.75, 3.05) is 13.1 Å². The maximum Gasteiger partial charge on any atom is 0.0135 e. The number of nitrogens with one attached hydrogen (secondary N) is 1. The van der Waals surface area contributed by atoms with Crippen molar-refractivity contribution < 1.29 is 0 Å². The zero-order valence-corrected chi connectivity index (χ0v) is 17.3. The van der Waals surface area contributed by atoms with Crippen LogP contribution in [0.2, 0.25) is 0 Å². The van der Waals surface area contributed by atoms with Gasteiger partial charge < -0.3 is 5.32 Å². The Balaban J connectivity index is 0.000000345. The fourth-order valence-corrected chi connectivity index (χ4v) is 3.27. The van der Waals surface area contributed by atoms with E-state index in [-0.39, 0.29) is 0 Å². The molecule has 144 valence electrons. The zero-order valence-electron chi connectivity index (χ0n) is 17.3. The Bertz CT molecular complexity index is 913. The molecular formula is C27H31N. The second kappa shape index (κ2) is 11.1. The monoisotopic (exact) mass is 369 g/mol. The van der Waals surface area contributed by atoms with Crippen LogP contribution in [0.25, 0.3) is 22.3 Å². The van der Waals surface area contributed by atoms with E-state index in [2.05, 4.69) is 106 Å². The summed E-state index contributed by atoms with van der Waals surface area (Å²) in [6.07, 6.45) is 3.65. The van der Waals surface area contributed by atoms with Gasteiger partial charge in [0.15, 0.2) is 0 Å². The Morgan fingerprint density at radius 1 is 0.607 bits per heavy atom. The minimum atomic E-state index is 0.867. The van der Waals surface area contributed by atoms with Crippen molar-refractivity contribution in [3.63, 3.8) is 0 Å². The first-order valence-corrected chi connectivity index (χ1v) is 9.74. The molecule has 0 aliphatic heterocycles. The van der Waals surface area contributed by atoms with E-state index in [0.29, 0.717) is 0 Å². The van der Waals surface area contributed by atoms with Gasteiger partial charge in [-0.1, -0.05) is 78.9 Å². The van der Waals surface area contributed by atoms with Gasteiger partial charge in [0.05, 0.1) is 0 Å². The minimum Gasteiger partial charge on any atom is -0.310 e. The van der Waals surface area contributed by atoms with E-state index in [4.69, 9.17) is 0 Å². The maximum atomic E-state index is 3.54. The SMILES string of the molecule is C=CCNCC=C.Cc1ccccc1-c1cccc(C)c1-c1ccccc1C. The molecule has 1 N–H and O–H groups in total. The van der Waals surface area contributed by atoms with Crippen LogP contribution in [0.3, 0.4) is 0 Å². The first-order chi connectivity index (χ1) is 13.6. The van der Waals surface area contributed by atoms with Gasteiger partial charge in [-0.05, 0) is 59.7 Å². The average molecular weight is 370 g/mol. The van der Waals surface area contributed by atoms with Gasteiger partial charge in [0, 0.05) is 13.1 Å². The topological polar surface area (TPSA) is 12.0 Å². The van der Waals surface area contributed by atoms with Crippen molar-refractivity contribution in [3.05, 3.63) is 109 Å². The number of hydrogen-bond donors (Lipinski definition) is 1. The lowest BCUT2D eigenvalue weighted by molar-refractivity contribution is 0.845. The summed E-state index contributed by atoms with van der Waals surface area (Å²) in [6, 6.07) is 23.8. The van der Waals surface area contributed by atoms with E-state index < -0.39 is 0 Å². The first-order valence-electron chi connectivity index (χ1n) is 9.74. The van der Waals surface area contributed by atoms with Crippen molar-refractivity contribution in [1.29, 1.82) is 0 Å². The summed E-state index contributed by atoms with van der Waals surface area (Å²) >= 11 is 0. The largest absolute Gasteiger partial charge is 0.310 e. The highest BCUT2D eigenvalue weighted by molar-refractivity contribution is 5.87. The van der Waals surface area contributed by atoms with Gasteiger partial charge in [0.25, 0.3) is 0 Å². The van der Waals surface area contributed by atoms with E-state index in [1.165, 1.54) is 38.9 Å². The van der Waals surface area contributed by atoms with Crippen LogP contribution in [0.15, 0.2) is 92.0 Å². The molecule has 3 aromatic rings. The minimum absolute atomic E-state index is 0.867. The summed E-state index contributed by atoms with van der Waals surface area (Å²) < 4.78 is 0. The lowest BCUT2D eigenvalue weighted by Crippen LogP contribution is -2.11. The molecule has 0 saturated carbocycles. The van der Waals surface area contributed by atoms with E-state index in [1.54, 1.807) is 0 Å². The molecule has 0 aliphatic rings. The summed E-state index contributed by atoms with van der Waals surface area (Å²) in [5, 5.41) is 3.05. The molecule has 1 nitrogen and oxygen atoms in total. The predicted octanol–water partition coefficient (Wildman–Crippen LogP) is 6.89. The zero-order chi connectivity index (χ0) is 20.4. The smallest absolute Gasteiger partial charge is 0.0135 e. The van der Waals surface area contributed by atoms with Gasteiger partial charge in [-0.2, -0.15) is 0 Å². The molecule has 0 spiro atoms.